The summed E-state index contributed by atoms with van der Waals surface area (Å²) >= 11 is 0. The van der Waals surface area contributed by atoms with Gasteiger partial charge in [-0.15, -0.1) is 24.8 Å². The van der Waals surface area contributed by atoms with Gasteiger partial charge in [0.2, 0.25) is 0 Å². The van der Waals surface area contributed by atoms with Crippen molar-refractivity contribution in [1.82, 2.24) is 15.3 Å². The lowest BCUT2D eigenvalue weighted by Gasteiger charge is -1.97. The van der Waals surface area contributed by atoms with E-state index >= 15 is 0 Å². The smallest absolute Gasteiger partial charge is 0.131 e. The number of nitrogen functional groups attached to an aromatic ring is 1. The van der Waals surface area contributed by atoms with E-state index in [1.165, 1.54) is 6.33 Å². The second kappa shape index (κ2) is 4.45. The Labute approximate surface area is 82.8 Å². The van der Waals surface area contributed by atoms with Gasteiger partial charge in [-0.3, -0.25) is 0 Å². The Bertz CT molecular complexity index is 266. The van der Waals surface area contributed by atoms with Crippen molar-refractivity contribution >= 4 is 30.6 Å². The van der Waals surface area contributed by atoms with Crippen molar-refractivity contribution in [3.8, 4) is 0 Å². The van der Waals surface area contributed by atoms with Crippen molar-refractivity contribution in [2.75, 3.05) is 5.73 Å². The van der Waals surface area contributed by atoms with Gasteiger partial charge in [0.05, 0.1) is 5.69 Å². The normalized spacial score (nSPS) is 12.7. The molecule has 6 heteroatoms. The minimum atomic E-state index is 0. The molecule has 0 radical (unpaired) electrons. The second-order valence-corrected chi connectivity index (χ2v) is 2.29. The minimum absolute atomic E-state index is 0. The molecule has 0 fully saturated rings. The SMILES string of the molecule is Cl.Cl.Nc1ncnc2c1CNC2. The van der Waals surface area contributed by atoms with Crippen LogP contribution >= 0.6 is 24.8 Å². The first kappa shape index (κ1) is 11.4. The van der Waals surface area contributed by atoms with Gasteiger partial charge in [-0.05, 0) is 0 Å². The maximum atomic E-state index is 5.58. The number of nitrogens with zero attached hydrogens (tertiary/aromatic N) is 2. The van der Waals surface area contributed by atoms with Crippen LogP contribution in [0.25, 0.3) is 0 Å². The lowest BCUT2D eigenvalue weighted by atomic mass is 10.2. The van der Waals surface area contributed by atoms with Crippen molar-refractivity contribution < 1.29 is 0 Å². The third kappa shape index (κ3) is 1.77. The predicted octanol–water partition coefficient (Wildman–Crippen LogP) is 0.506. The molecule has 1 aliphatic rings. The van der Waals surface area contributed by atoms with Gasteiger partial charge >= 0.3 is 0 Å². The monoisotopic (exact) mass is 208 g/mol. The molecule has 2 heterocycles. The zero-order chi connectivity index (χ0) is 6.97. The van der Waals surface area contributed by atoms with Crippen molar-refractivity contribution in [3.05, 3.63) is 17.6 Å². The van der Waals surface area contributed by atoms with E-state index in [0.29, 0.717) is 5.82 Å². The van der Waals surface area contributed by atoms with Gasteiger partial charge in [0.1, 0.15) is 12.1 Å². The number of aromatic nitrogens is 2. The Hall–Kier alpha value is -0.580. The molecule has 0 saturated heterocycles. The number of hydrogen-bond donors (Lipinski definition) is 2. The molecule has 12 heavy (non-hydrogen) atoms. The first-order valence-electron chi connectivity index (χ1n) is 3.17. The number of halogens is 2. The van der Waals surface area contributed by atoms with Crippen LogP contribution in [-0.2, 0) is 13.1 Å². The van der Waals surface area contributed by atoms with Crippen LogP contribution in [0, 0.1) is 0 Å². The maximum Gasteiger partial charge on any atom is 0.131 e. The van der Waals surface area contributed by atoms with E-state index in [0.717, 1.165) is 24.3 Å². The summed E-state index contributed by atoms with van der Waals surface area (Å²) in [6.07, 6.45) is 1.50. The third-order valence-electron chi connectivity index (χ3n) is 1.66. The standard InChI is InChI=1S/C6H8N4.2ClH/c7-6-4-1-8-2-5(4)9-3-10-6;;/h3,8H,1-2H2,(H2,7,9,10);2*1H. The summed E-state index contributed by atoms with van der Waals surface area (Å²) in [6, 6.07) is 0. The average Bonchev–Trinajstić information content (AvgIpc) is 2.36. The highest BCUT2D eigenvalue weighted by Crippen LogP contribution is 2.15. The number of fused-ring (bicyclic) bond motifs is 1. The average molecular weight is 209 g/mol. The van der Waals surface area contributed by atoms with Crippen LogP contribution in [0.5, 0.6) is 0 Å². The largest absolute Gasteiger partial charge is 0.383 e. The van der Waals surface area contributed by atoms with Gasteiger partial charge in [-0.1, -0.05) is 0 Å². The molecular formula is C6H10Cl2N4. The summed E-state index contributed by atoms with van der Waals surface area (Å²) in [5.41, 5.74) is 7.67. The molecule has 0 atom stereocenters. The molecule has 1 aliphatic heterocycles. The van der Waals surface area contributed by atoms with Crippen LogP contribution in [0.4, 0.5) is 5.82 Å². The molecule has 68 valence electrons. The number of hydrogen-bond acceptors (Lipinski definition) is 4. The van der Waals surface area contributed by atoms with E-state index in [4.69, 9.17) is 5.73 Å². The van der Waals surface area contributed by atoms with E-state index < -0.39 is 0 Å². The fourth-order valence-electron chi connectivity index (χ4n) is 1.12. The molecule has 0 saturated carbocycles. The molecule has 0 amide bonds. The van der Waals surface area contributed by atoms with Crippen LogP contribution in [0.3, 0.4) is 0 Å². The number of rotatable bonds is 0. The molecule has 2 rings (SSSR count). The molecule has 1 aromatic rings. The highest BCUT2D eigenvalue weighted by atomic mass is 35.5. The Morgan fingerprint density at radius 1 is 1.25 bits per heavy atom. The Kier molecular flexibility index (Phi) is 4.23. The lowest BCUT2D eigenvalue weighted by Crippen LogP contribution is -2.01. The Morgan fingerprint density at radius 3 is 2.67 bits per heavy atom. The summed E-state index contributed by atoms with van der Waals surface area (Å²) in [5, 5.41) is 3.15. The van der Waals surface area contributed by atoms with Gasteiger partial charge in [-0.25, -0.2) is 9.97 Å². The number of nitrogens with one attached hydrogen (secondary N) is 1. The molecule has 0 aliphatic carbocycles. The van der Waals surface area contributed by atoms with Crippen molar-refractivity contribution in [2.24, 2.45) is 0 Å². The predicted molar refractivity (Wildman–Crippen MR) is 51.5 cm³/mol. The zero-order valence-electron chi connectivity index (χ0n) is 6.28. The van der Waals surface area contributed by atoms with E-state index in [1.54, 1.807) is 0 Å². The molecule has 1 aromatic heterocycles. The topological polar surface area (TPSA) is 63.8 Å². The highest BCUT2D eigenvalue weighted by molar-refractivity contribution is 5.85. The molecule has 0 bridgehead atoms. The summed E-state index contributed by atoms with van der Waals surface area (Å²) in [6.45, 7) is 1.63. The van der Waals surface area contributed by atoms with E-state index in [9.17, 15) is 0 Å². The van der Waals surface area contributed by atoms with E-state index in [-0.39, 0.29) is 24.8 Å². The van der Waals surface area contributed by atoms with Crippen LogP contribution in [0.1, 0.15) is 11.3 Å². The molecular weight excluding hydrogens is 199 g/mol. The van der Waals surface area contributed by atoms with E-state index in [1.807, 2.05) is 0 Å². The van der Waals surface area contributed by atoms with Crippen LogP contribution < -0.4 is 11.1 Å². The van der Waals surface area contributed by atoms with Gasteiger partial charge in [0, 0.05) is 18.7 Å². The highest BCUT2D eigenvalue weighted by Gasteiger charge is 2.13. The van der Waals surface area contributed by atoms with Crippen molar-refractivity contribution in [3.63, 3.8) is 0 Å². The third-order valence-corrected chi connectivity index (χ3v) is 1.66. The summed E-state index contributed by atoms with van der Waals surface area (Å²) in [5.74, 6) is 0.606. The minimum Gasteiger partial charge on any atom is -0.383 e. The van der Waals surface area contributed by atoms with Crippen LogP contribution in [0.15, 0.2) is 6.33 Å². The quantitative estimate of drug-likeness (QED) is 0.653. The first-order valence-corrected chi connectivity index (χ1v) is 3.17. The van der Waals surface area contributed by atoms with Gasteiger partial charge in [-0.2, -0.15) is 0 Å². The summed E-state index contributed by atoms with van der Waals surface area (Å²) < 4.78 is 0. The van der Waals surface area contributed by atoms with Gasteiger partial charge < -0.3 is 11.1 Å². The van der Waals surface area contributed by atoms with Crippen LogP contribution in [-0.4, -0.2) is 9.97 Å². The molecule has 0 spiro atoms. The molecule has 3 N–H and O–H groups in total. The summed E-state index contributed by atoms with van der Waals surface area (Å²) in [7, 11) is 0. The fourth-order valence-corrected chi connectivity index (χ4v) is 1.12. The van der Waals surface area contributed by atoms with Crippen molar-refractivity contribution in [2.45, 2.75) is 13.1 Å². The lowest BCUT2D eigenvalue weighted by molar-refractivity contribution is 0.758. The van der Waals surface area contributed by atoms with Crippen molar-refractivity contribution in [1.29, 1.82) is 0 Å². The van der Waals surface area contributed by atoms with Gasteiger partial charge in [0.15, 0.2) is 0 Å². The Balaban J connectivity index is 0.000000605. The zero-order valence-corrected chi connectivity index (χ0v) is 7.91. The van der Waals surface area contributed by atoms with Crippen LogP contribution in [0.2, 0.25) is 0 Å². The van der Waals surface area contributed by atoms with Gasteiger partial charge in [0.25, 0.3) is 0 Å². The molecule has 0 aromatic carbocycles. The Morgan fingerprint density at radius 2 is 2.00 bits per heavy atom. The summed E-state index contributed by atoms with van der Waals surface area (Å²) in [4.78, 5) is 7.94. The maximum absolute atomic E-state index is 5.58. The second-order valence-electron chi connectivity index (χ2n) is 2.29. The number of anilines is 1. The molecule has 0 unspecified atom stereocenters. The fraction of sp³-hybridized carbons (Fsp3) is 0.333. The first-order chi connectivity index (χ1) is 4.88. The number of nitrogens with two attached hydrogens (primary N) is 1. The van der Waals surface area contributed by atoms with E-state index in [2.05, 4.69) is 15.3 Å². The molecule has 4 nitrogen and oxygen atoms in total.